The second kappa shape index (κ2) is 7.50. The average molecular weight is 353 g/mol. The summed E-state index contributed by atoms with van der Waals surface area (Å²) in [6.45, 7) is 5.91. The third-order valence-corrected chi connectivity index (χ3v) is 5.60. The minimum atomic E-state index is 0.00712. The zero-order valence-corrected chi connectivity index (χ0v) is 15.4. The standard InChI is InChI=1S/C20H27N5O/c1-15-13-21-19(23-15)14-22-20(26)25-10-8-24(9-11-25)18-7-6-16-4-2-3-5-17(16)12-18/h2-5,13,18H,6-12,14H2,1H3,(H,21,23)(H,22,26)/t18-/m1/s1. The van der Waals surface area contributed by atoms with Crippen LogP contribution in [0.3, 0.4) is 0 Å². The molecule has 2 aromatic rings. The van der Waals surface area contributed by atoms with Crippen molar-refractivity contribution in [3.63, 3.8) is 0 Å². The lowest BCUT2D eigenvalue weighted by molar-refractivity contribution is 0.101. The van der Waals surface area contributed by atoms with Gasteiger partial charge in [-0.25, -0.2) is 9.78 Å². The third-order valence-electron chi connectivity index (χ3n) is 5.60. The van der Waals surface area contributed by atoms with Crippen molar-refractivity contribution in [2.45, 2.75) is 38.8 Å². The topological polar surface area (TPSA) is 64.3 Å². The van der Waals surface area contributed by atoms with Crippen LogP contribution in [0.1, 0.15) is 29.1 Å². The van der Waals surface area contributed by atoms with Gasteiger partial charge in [-0.05, 0) is 37.3 Å². The van der Waals surface area contributed by atoms with E-state index in [4.69, 9.17) is 0 Å². The van der Waals surface area contributed by atoms with Crippen LogP contribution < -0.4 is 5.32 Å². The van der Waals surface area contributed by atoms with Crippen LogP contribution in [0.2, 0.25) is 0 Å². The number of imidazole rings is 1. The molecule has 1 aromatic carbocycles. The maximum Gasteiger partial charge on any atom is 0.317 e. The summed E-state index contributed by atoms with van der Waals surface area (Å²) in [4.78, 5) is 24.2. The number of aryl methyl sites for hydroxylation is 2. The van der Waals surface area contributed by atoms with Crippen molar-refractivity contribution in [2.24, 2.45) is 0 Å². The fourth-order valence-corrected chi connectivity index (χ4v) is 4.11. The van der Waals surface area contributed by atoms with Gasteiger partial charge >= 0.3 is 6.03 Å². The normalized spacial score (nSPS) is 20.7. The number of hydrogen-bond acceptors (Lipinski definition) is 3. The van der Waals surface area contributed by atoms with Gasteiger partial charge in [0.2, 0.25) is 0 Å². The predicted molar refractivity (Wildman–Crippen MR) is 101 cm³/mol. The molecule has 0 unspecified atom stereocenters. The summed E-state index contributed by atoms with van der Waals surface area (Å²) >= 11 is 0. The average Bonchev–Trinajstić information content (AvgIpc) is 3.11. The number of aromatic nitrogens is 2. The summed E-state index contributed by atoms with van der Waals surface area (Å²) in [5.74, 6) is 0.801. The van der Waals surface area contributed by atoms with Gasteiger partial charge in [0.05, 0.1) is 6.54 Å². The number of urea groups is 1. The first kappa shape index (κ1) is 17.1. The largest absolute Gasteiger partial charge is 0.345 e. The molecule has 6 heteroatoms. The Labute approximate surface area is 154 Å². The van der Waals surface area contributed by atoms with Crippen LogP contribution in [-0.2, 0) is 19.4 Å². The van der Waals surface area contributed by atoms with Crippen LogP contribution in [0.4, 0.5) is 4.79 Å². The van der Waals surface area contributed by atoms with E-state index in [1.807, 2.05) is 11.8 Å². The van der Waals surface area contributed by atoms with Crippen LogP contribution in [0.5, 0.6) is 0 Å². The first-order valence-corrected chi connectivity index (χ1v) is 9.53. The summed E-state index contributed by atoms with van der Waals surface area (Å²) in [6.07, 6.45) is 5.31. The van der Waals surface area contributed by atoms with E-state index in [-0.39, 0.29) is 6.03 Å². The highest BCUT2D eigenvalue weighted by Crippen LogP contribution is 2.25. The fraction of sp³-hybridized carbons (Fsp3) is 0.500. The van der Waals surface area contributed by atoms with Crippen molar-refractivity contribution in [2.75, 3.05) is 26.2 Å². The van der Waals surface area contributed by atoms with Crippen LogP contribution >= 0.6 is 0 Å². The maximum absolute atomic E-state index is 12.4. The Hall–Kier alpha value is -2.34. The third kappa shape index (κ3) is 3.75. The van der Waals surface area contributed by atoms with Gasteiger partial charge in [-0.1, -0.05) is 24.3 Å². The molecule has 26 heavy (non-hydrogen) atoms. The molecule has 1 fully saturated rings. The minimum Gasteiger partial charge on any atom is -0.345 e. The Morgan fingerprint density at radius 2 is 2.00 bits per heavy atom. The summed E-state index contributed by atoms with van der Waals surface area (Å²) in [5, 5.41) is 2.96. The van der Waals surface area contributed by atoms with Crippen LogP contribution in [0, 0.1) is 6.92 Å². The number of carbonyl (C=O) groups excluding carboxylic acids is 1. The Balaban J connectivity index is 1.26. The molecule has 0 spiro atoms. The number of carbonyl (C=O) groups is 1. The highest BCUT2D eigenvalue weighted by molar-refractivity contribution is 5.74. The number of H-pyrrole nitrogens is 1. The van der Waals surface area contributed by atoms with Gasteiger partial charge in [-0.2, -0.15) is 0 Å². The number of hydrogen-bond donors (Lipinski definition) is 2. The van der Waals surface area contributed by atoms with E-state index >= 15 is 0 Å². The van der Waals surface area contributed by atoms with Gasteiger partial charge in [0.15, 0.2) is 0 Å². The fourth-order valence-electron chi connectivity index (χ4n) is 4.11. The Morgan fingerprint density at radius 3 is 2.73 bits per heavy atom. The van der Waals surface area contributed by atoms with Gasteiger partial charge in [-0.3, -0.25) is 4.90 Å². The van der Waals surface area contributed by atoms with Crippen LogP contribution in [0.15, 0.2) is 30.5 Å². The molecule has 2 N–H and O–H groups in total. The SMILES string of the molecule is Cc1cnc(CNC(=O)N2CCN([C@@H]3CCc4ccccc4C3)CC2)[nH]1. The minimum absolute atomic E-state index is 0.00712. The van der Waals surface area contributed by atoms with Crippen molar-refractivity contribution in [3.05, 3.63) is 53.1 Å². The number of amides is 2. The molecule has 1 aliphatic heterocycles. The molecular weight excluding hydrogens is 326 g/mol. The van der Waals surface area contributed by atoms with E-state index < -0.39 is 0 Å². The van der Waals surface area contributed by atoms with E-state index in [0.717, 1.165) is 44.1 Å². The molecular formula is C20H27N5O. The first-order valence-electron chi connectivity index (χ1n) is 9.53. The van der Waals surface area contributed by atoms with Crippen molar-refractivity contribution in [1.82, 2.24) is 25.1 Å². The number of nitrogens with one attached hydrogen (secondary N) is 2. The maximum atomic E-state index is 12.4. The van der Waals surface area contributed by atoms with Gasteiger partial charge in [0, 0.05) is 44.1 Å². The molecule has 1 atom stereocenters. The Kier molecular flexibility index (Phi) is 4.93. The molecule has 1 saturated heterocycles. The van der Waals surface area contributed by atoms with E-state index in [1.165, 1.54) is 24.0 Å². The number of rotatable bonds is 3. The molecule has 2 heterocycles. The van der Waals surface area contributed by atoms with Crippen molar-refractivity contribution in [3.8, 4) is 0 Å². The van der Waals surface area contributed by atoms with E-state index in [2.05, 4.69) is 44.5 Å². The van der Waals surface area contributed by atoms with E-state index in [1.54, 1.807) is 6.20 Å². The molecule has 4 rings (SSSR count). The number of aromatic amines is 1. The van der Waals surface area contributed by atoms with Crippen molar-refractivity contribution >= 4 is 6.03 Å². The van der Waals surface area contributed by atoms with Crippen molar-refractivity contribution in [1.29, 1.82) is 0 Å². The summed E-state index contributed by atoms with van der Waals surface area (Å²) < 4.78 is 0. The Morgan fingerprint density at radius 1 is 1.23 bits per heavy atom. The van der Waals surface area contributed by atoms with Crippen LogP contribution in [-0.4, -0.2) is 58.0 Å². The highest BCUT2D eigenvalue weighted by Gasteiger charge is 2.28. The van der Waals surface area contributed by atoms with Crippen LogP contribution in [0.25, 0.3) is 0 Å². The molecule has 0 radical (unpaired) electrons. The van der Waals surface area contributed by atoms with Crippen molar-refractivity contribution < 1.29 is 4.79 Å². The lowest BCUT2D eigenvalue weighted by atomic mass is 9.87. The molecule has 6 nitrogen and oxygen atoms in total. The number of piperazine rings is 1. The summed E-state index contributed by atoms with van der Waals surface area (Å²) in [7, 11) is 0. The monoisotopic (exact) mass is 353 g/mol. The molecule has 0 saturated carbocycles. The summed E-state index contributed by atoms with van der Waals surface area (Å²) in [6, 6.07) is 9.43. The number of fused-ring (bicyclic) bond motifs is 1. The van der Waals surface area contributed by atoms with E-state index in [0.29, 0.717) is 12.6 Å². The predicted octanol–water partition coefficient (Wildman–Crippen LogP) is 2.10. The molecule has 2 amide bonds. The molecule has 2 aliphatic rings. The number of benzene rings is 1. The van der Waals surface area contributed by atoms with E-state index in [9.17, 15) is 4.79 Å². The molecule has 138 valence electrons. The van der Waals surface area contributed by atoms with Gasteiger partial charge < -0.3 is 15.2 Å². The summed E-state index contributed by atoms with van der Waals surface area (Å²) in [5.41, 5.74) is 4.02. The zero-order chi connectivity index (χ0) is 17.9. The highest BCUT2D eigenvalue weighted by atomic mass is 16.2. The quantitative estimate of drug-likeness (QED) is 0.888. The van der Waals surface area contributed by atoms with Gasteiger partial charge in [0.1, 0.15) is 5.82 Å². The van der Waals surface area contributed by atoms with Gasteiger partial charge in [-0.15, -0.1) is 0 Å². The first-order chi connectivity index (χ1) is 12.7. The molecule has 1 aliphatic carbocycles. The lowest BCUT2D eigenvalue weighted by Crippen LogP contribution is -2.55. The van der Waals surface area contributed by atoms with Gasteiger partial charge in [0.25, 0.3) is 0 Å². The number of nitrogens with zero attached hydrogens (tertiary/aromatic N) is 3. The molecule has 1 aromatic heterocycles. The zero-order valence-electron chi connectivity index (χ0n) is 15.4. The second-order valence-corrected chi connectivity index (χ2v) is 7.36. The Bertz CT molecular complexity index is 763. The smallest absolute Gasteiger partial charge is 0.317 e. The lowest BCUT2D eigenvalue weighted by Gasteiger charge is -2.41. The second-order valence-electron chi connectivity index (χ2n) is 7.36. The molecule has 0 bridgehead atoms.